The maximum Gasteiger partial charge on any atom is 0.416 e. The average molecular weight is 286 g/mol. The van der Waals surface area contributed by atoms with Gasteiger partial charge in [0.05, 0.1) is 12.1 Å². The molecule has 0 heterocycles. The molecule has 1 aliphatic rings. The predicted molar refractivity (Wildman–Crippen MR) is 70.5 cm³/mol. The van der Waals surface area contributed by atoms with Crippen molar-refractivity contribution in [1.82, 2.24) is 4.90 Å². The second kappa shape index (κ2) is 5.34. The molecule has 0 unspecified atom stereocenters. The Balaban J connectivity index is 2.01. The van der Waals surface area contributed by atoms with Crippen LogP contribution in [0.2, 0.25) is 0 Å². The van der Waals surface area contributed by atoms with Crippen molar-refractivity contribution in [2.75, 3.05) is 18.9 Å². The average Bonchev–Trinajstić information content (AvgIpc) is 3.19. The van der Waals surface area contributed by atoms with Gasteiger partial charge in [-0.25, -0.2) is 0 Å². The van der Waals surface area contributed by atoms with Crippen LogP contribution in [-0.2, 0) is 11.0 Å². The fourth-order valence-electron chi connectivity index (χ4n) is 2.01. The van der Waals surface area contributed by atoms with Crippen molar-refractivity contribution in [2.24, 2.45) is 0 Å². The van der Waals surface area contributed by atoms with Crippen LogP contribution in [-0.4, -0.2) is 30.4 Å². The van der Waals surface area contributed by atoms with Crippen molar-refractivity contribution < 1.29 is 18.0 Å². The molecule has 1 aliphatic carbocycles. The molecular weight excluding hydrogens is 269 g/mol. The number of benzene rings is 1. The zero-order valence-electron chi connectivity index (χ0n) is 11.4. The third-order valence-electron chi connectivity index (χ3n) is 3.47. The third-order valence-corrected chi connectivity index (χ3v) is 3.47. The van der Waals surface area contributed by atoms with Crippen LogP contribution in [0.5, 0.6) is 0 Å². The summed E-state index contributed by atoms with van der Waals surface area (Å²) in [7, 11) is 1.72. The first kappa shape index (κ1) is 14.7. The molecule has 0 atom stereocenters. The van der Waals surface area contributed by atoms with Gasteiger partial charge in [0.15, 0.2) is 0 Å². The Kier molecular flexibility index (Phi) is 3.92. The molecule has 3 nitrogen and oxygen atoms in total. The number of halogens is 3. The molecule has 0 bridgehead atoms. The predicted octanol–water partition coefficient (Wildman–Crippen LogP) is 3.05. The number of likely N-dealkylation sites (N-methyl/N-ethyl adjacent to an activating group) is 1. The van der Waals surface area contributed by atoms with Crippen molar-refractivity contribution in [1.29, 1.82) is 0 Å². The van der Waals surface area contributed by atoms with E-state index in [1.54, 1.807) is 18.0 Å². The van der Waals surface area contributed by atoms with Crippen molar-refractivity contribution in [3.05, 3.63) is 29.3 Å². The zero-order valence-corrected chi connectivity index (χ0v) is 11.4. The minimum absolute atomic E-state index is 0.00730. The van der Waals surface area contributed by atoms with Gasteiger partial charge in [-0.1, -0.05) is 6.07 Å². The number of amides is 1. The molecule has 110 valence electrons. The Bertz CT molecular complexity index is 510. The molecule has 0 spiro atoms. The monoisotopic (exact) mass is 286 g/mol. The first-order chi connectivity index (χ1) is 9.29. The van der Waals surface area contributed by atoms with Gasteiger partial charge >= 0.3 is 6.18 Å². The molecule has 0 aromatic heterocycles. The van der Waals surface area contributed by atoms with Crippen molar-refractivity contribution in [3.8, 4) is 0 Å². The molecule has 20 heavy (non-hydrogen) atoms. The molecular formula is C14H17F3N2O. The van der Waals surface area contributed by atoms with Gasteiger partial charge in [-0.05, 0) is 37.5 Å². The van der Waals surface area contributed by atoms with Crippen LogP contribution in [0.15, 0.2) is 18.2 Å². The fraction of sp³-hybridized carbons (Fsp3) is 0.500. The van der Waals surface area contributed by atoms with Gasteiger partial charge in [-0.2, -0.15) is 13.2 Å². The molecule has 0 aliphatic heterocycles. The summed E-state index contributed by atoms with van der Waals surface area (Å²) in [6, 6.07) is 4.29. The first-order valence-corrected chi connectivity index (χ1v) is 6.46. The molecule has 1 fully saturated rings. The number of alkyl halides is 3. The SMILES string of the molecule is Cc1ccc(NCC(=O)N(C)C2CC2)cc1C(F)(F)F. The third kappa shape index (κ3) is 3.43. The number of nitrogens with zero attached hydrogens (tertiary/aromatic N) is 1. The molecule has 1 saturated carbocycles. The molecule has 1 amide bonds. The maximum absolute atomic E-state index is 12.8. The van der Waals surface area contributed by atoms with Gasteiger partial charge < -0.3 is 10.2 Å². The Hall–Kier alpha value is -1.72. The van der Waals surface area contributed by atoms with E-state index in [1.165, 1.54) is 13.0 Å². The summed E-state index contributed by atoms with van der Waals surface area (Å²) in [4.78, 5) is 13.4. The Labute approximate surface area is 115 Å². The Morgan fingerprint density at radius 2 is 2.05 bits per heavy atom. The van der Waals surface area contributed by atoms with E-state index >= 15 is 0 Å². The van der Waals surface area contributed by atoms with Crippen LogP contribution >= 0.6 is 0 Å². The Morgan fingerprint density at radius 3 is 2.60 bits per heavy atom. The molecule has 1 aromatic carbocycles. The number of hydrogen-bond acceptors (Lipinski definition) is 2. The van der Waals surface area contributed by atoms with Gasteiger partial charge in [-0.15, -0.1) is 0 Å². The van der Waals surface area contributed by atoms with Crippen LogP contribution < -0.4 is 5.32 Å². The molecule has 1 aromatic rings. The minimum Gasteiger partial charge on any atom is -0.376 e. The summed E-state index contributed by atoms with van der Waals surface area (Å²) in [5, 5.41) is 2.76. The zero-order chi connectivity index (χ0) is 14.9. The number of aryl methyl sites for hydroxylation is 1. The summed E-state index contributed by atoms with van der Waals surface area (Å²) in [6.45, 7) is 1.42. The number of hydrogen-bond donors (Lipinski definition) is 1. The topological polar surface area (TPSA) is 32.3 Å². The smallest absolute Gasteiger partial charge is 0.376 e. The number of carbonyl (C=O) groups is 1. The van der Waals surface area contributed by atoms with E-state index in [2.05, 4.69) is 5.32 Å². The maximum atomic E-state index is 12.8. The highest BCUT2D eigenvalue weighted by molar-refractivity contribution is 5.81. The van der Waals surface area contributed by atoms with Gasteiger partial charge in [0.25, 0.3) is 0 Å². The lowest BCUT2D eigenvalue weighted by Crippen LogP contribution is -2.33. The second-order valence-electron chi connectivity index (χ2n) is 5.12. The van der Waals surface area contributed by atoms with Crippen LogP contribution in [0.1, 0.15) is 24.0 Å². The van der Waals surface area contributed by atoms with E-state index in [0.717, 1.165) is 18.9 Å². The van der Waals surface area contributed by atoms with Gasteiger partial charge in [-0.3, -0.25) is 4.79 Å². The minimum atomic E-state index is -4.38. The van der Waals surface area contributed by atoms with Gasteiger partial charge in [0, 0.05) is 18.8 Å². The van der Waals surface area contributed by atoms with E-state index in [4.69, 9.17) is 0 Å². The van der Waals surface area contributed by atoms with E-state index in [0.29, 0.717) is 11.7 Å². The van der Waals surface area contributed by atoms with E-state index in [-0.39, 0.29) is 18.0 Å². The molecule has 0 saturated heterocycles. The quantitative estimate of drug-likeness (QED) is 0.922. The van der Waals surface area contributed by atoms with Crippen LogP contribution in [0.3, 0.4) is 0 Å². The van der Waals surface area contributed by atoms with Gasteiger partial charge in [0.2, 0.25) is 5.91 Å². The van der Waals surface area contributed by atoms with Crippen LogP contribution in [0, 0.1) is 6.92 Å². The summed E-state index contributed by atoms with van der Waals surface area (Å²) in [5.74, 6) is -0.110. The first-order valence-electron chi connectivity index (χ1n) is 6.46. The Morgan fingerprint density at radius 1 is 1.40 bits per heavy atom. The lowest BCUT2D eigenvalue weighted by molar-refractivity contribution is -0.138. The number of rotatable bonds is 4. The highest BCUT2D eigenvalue weighted by Gasteiger charge is 2.32. The summed E-state index contributed by atoms with van der Waals surface area (Å²) >= 11 is 0. The lowest BCUT2D eigenvalue weighted by atomic mass is 10.1. The van der Waals surface area contributed by atoms with Crippen molar-refractivity contribution in [3.63, 3.8) is 0 Å². The van der Waals surface area contributed by atoms with Crippen LogP contribution in [0.25, 0.3) is 0 Å². The van der Waals surface area contributed by atoms with E-state index in [9.17, 15) is 18.0 Å². The normalized spacial score (nSPS) is 15.1. The largest absolute Gasteiger partial charge is 0.416 e. The summed E-state index contributed by atoms with van der Waals surface area (Å²) in [6.07, 6.45) is -2.37. The second-order valence-corrected chi connectivity index (χ2v) is 5.12. The lowest BCUT2D eigenvalue weighted by Gasteiger charge is -2.18. The highest BCUT2D eigenvalue weighted by atomic mass is 19.4. The summed E-state index contributed by atoms with van der Waals surface area (Å²) < 4.78 is 38.3. The van der Waals surface area contributed by atoms with Crippen molar-refractivity contribution in [2.45, 2.75) is 32.0 Å². The van der Waals surface area contributed by atoms with Crippen molar-refractivity contribution >= 4 is 11.6 Å². The number of anilines is 1. The summed E-state index contributed by atoms with van der Waals surface area (Å²) in [5.41, 5.74) is -0.199. The number of carbonyl (C=O) groups excluding carboxylic acids is 1. The highest BCUT2D eigenvalue weighted by Crippen LogP contribution is 2.33. The van der Waals surface area contributed by atoms with E-state index < -0.39 is 11.7 Å². The molecule has 1 N–H and O–H groups in total. The van der Waals surface area contributed by atoms with Crippen LogP contribution in [0.4, 0.5) is 18.9 Å². The standard InChI is InChI=1S/C14H17F3N2O/c1-9-3-4-10(7-12(9)14(15,16)17)18-8-13(20)19(2)11-5-6-11/h3-4,7,11,18H,5-6,8H2,1-2H3. The van der Waals surface area contributed by atoms with Gasteiger partial charge in [0.1, 0.15) is 0 Å². The number of nitrogens with one attached hydrogen (secondary N) is 1. The molecule has 2 rings (SSSR count). The fourth-order valence-corrected chi connectivity index (χ4v) is 2.01. The van der Waals surface area contributed by atoms with E-state index in [1.807, 2.05) is 0 Å². The molecule has 0 radical (unpaired) electrons. The molecule has 6 heteroatoms.